The zero-order valence-corrected chi connectivity index (χ0v) is 11.9. The molecular formula is C19H13F2O. The van der Waals surface area contributed by atoms with E-state index in [9.17, 15) is 8.78 Å². The molecule has 0 aliphatic rings. The Kier molecular flexibility index (Phi) is 3.88. The van der Waals surface area contributed by atoms with Crippen LogP contribution >= 0.6 is 0 Å². The topological polar surface area (TPSA) is 9.23 Å². The average Bonchev–Trinajstić information content (AvgIpc) is 2.56. The molecule has 3 rings (SSSR count). The Balaban J connectivity index is 2.22. The van der Waals surface area contributed by atoms with Crippen molar-refractivity contribution < 1.29 is 13.5 Å². The SMILES string of the molecule is COc1[c]ccc(-c2ccc(F)cc2)c1-c1ccc(F)cc1. The van der Waals surface area contributed by atoms with E-state index in [1.165, 1.54) is 24.3 Å². The van der Waals surface area contributed by atoms with Gasteiger partial charge in [-0.05, 0) is 47.0 Å². The summed E-state index contributed by atoms with van der Waals surface area (Å²) in [6.07, 6.45) is 0. The fourth-order valence-electron chi connectivity index (χ4n) is 2.41. The number of benzene rings is 3. The van der Waals surface area contributed by atoms with E-state index in [0.717, 1.165) is 22.3 Å². The summed E-state index contributed by atoms with van der Waals surface area (Å²) >= 11 is 0. The minimum atomic E-state index is -0.300. The Morgan fingerprint density at radius 1 is 0.773 bits per heavy atom. The predicted molar refractivity (Wildman–Crippen MR) is 82.6 cm³/mol. The number of hydrogen-bond acceptors (Lipinski definition) is 1. The molecule has 1 nitrogen and oxygen atoms in total. The highest BCUT2D eigenvalue weighted by molar-refractivity contribution is 5.87. The second kappa shape index (κ2) is 5.98. The van der Waals surface area contributed by atoms with Gasteiger partial charge in [-0.3, -0.25) is 0 Å². The van der Waals surface area contributed by atoms with Crippen molar-refractivity contribution in [2.24, 2.45) is 0 Å². The van der Waals surface area contributed by atoms with Gasteiger partial charge in [0.05, 0.1) is 7.11 Å². The normalized spacial score (nSPS) is 10.5. The molecule has 3 aromatic rings. The maximum absolute atomic E-state index is 13.2. The molecule has 109 valence electrons. The third-order valence-electron chi connectivity index (χ3n) is 3.45. The van der Waals surface area contributed by atoms with Crippen molar-refractivity contribution in [3.8, 4) is 28.0 Å². The molecule has 0 unspecified atom stereocenters. The van der Waals surface area contributed by atoms with Gasteiger partial charge < -0.3 is 4.74 Å². The van der Waals surface area contributed by atoms with Crippen LogP contribution in [0.15, 0.2) is 60.7 Å². The molecular weight excluding hydrogens is 282 g/mol. The van der Waals surface area contributed by atoms with Crippen LogP contribution in [0, 0.1) is 17.7 Å². The third kappa shape index (κ3) is 2.70. The lowest BCUT2D eigenvalue weighted by atomic mass is 9.93. The molecule has 0 atom stereocenters. The molecule has 0 amide bonds. The lowest BCUT2D eigenvalue weighted by molar-refractivity contribution is 0.415. The Morgan fingerprint density at radius 2 is 1.32 bits per heavy atom. The summed E-state index contributed by atoms with van der Waals surface area (Å²) in [4.78, 5) is 0. The summed E-state index contributed by atoms with van der Waals surface area (Å²) in [7, 11) is 1.56. The largest absolute Gasteiger partial charge is 0.495 e. The molecule has 0 N–H and O–H groups in total. The summed E-state index contributed by atoms with van der Waals surface area (Å²) < 4.78 is 31.7. The van der Waals surface area contributed by atoms with Crippen LogP contribution in [-0.4, -0.2) is 7.11 Å². The van der Waals surface area contributed by atoms with Crippen LogP contribution in [0.4, 0.5) is 8.78 Å². The van der Waals surface area contributed by atoms with E-state index in [1.54, 1.807) is 37.4 Å². The minimum Gasteiger partial charge on any atom is -0.495 e. The molecule has 0 spiro atoms. The number of methoxy groups -OCH3 is 1. The van der Waals surface area contributed by atoms with Crippen molar-refractivity contribution in [3.63, 3.8) is 0 Å². The van der Waals surface area contributed by atoms with Gasteiger partial charge in [-0.2, -0.15) is 0 Å². The van der Waals surface area contributed by atoms with Crippen molar-refractivity contribution in [1.82, 2.24) is 0 Å². The molecule has 0 aliphatic carbocycles. The lowest BCUT2D eigenvalue weighted by Gasteiger charge is -2.14. The average molecular weight is 295 g/mol. The molecule has 0 aromatic heterocycles. The molecule has 22 heavy (non-hydrogen) atoms. The van der Waals surface area contributed by atoms with Crippen LogP contribution < -0.4 is 4.74 Å². The molecule has 3 aromatic carbocycles. The van der Waals surface area contributed by atoms with E-state index in [0.29, 0.717) is 5.75 Å². The first kappa shape index (κ1) is 14.3. The Morgan fingerprint density at radius 3 is 1.86 bits per heavy atom. The zero-order chi connectivity index (χ0) is 15.5. The Labute approximate surface area is 127 Å². The fraction of sp³-hybridized carbons (Fsp3) is 0.0526. The van der Waals surface area contributed by atoms with Crippen LogP contribution in [0.2, 0.25) is 0 Å². The summed E-state index contributed by atoms with van der Waals surface area (Å²) in [5, 5.41) is 0. The molecule has 3 heteroatoms. The van der Waals surface area contributed by atoms with Crippen LogP contribution in [0.3, 0.4) is 0 Å². The van der Waals surface area contributed by atoms with Crippen LogP contribution in [0.1, 0.15) is 0 Å². The summed E-state index contributed by atoms with van der Waals surface area (Å²) in [5.41, 5.74) is 3.35. The summed E-state index contributed by atoms with van der Waals surface area (Å²) in [5.74, 6) is -0.0269. The fourth-order valence-corrected chi connectivity index (χ4v) is 2.41. The molecule has 1 radical (unpaired) electrons. The van der Waals surface area contributed by atoms with Crippen molar-refractivity contribution in [1.29, 1.82) is 0 Å². The van der Waals surface area contributed by atoms with E-state index in [2.05, 4.69) is 6.07 Å². The first-order valence-corrected chi connectivity index (χ1v) is 6.79. The predicted octanol–water partition coefficient (Wildman–Crippen LogP) is 5.11. The first-order valence-electron chi connectivity index (χ1n) is 6.79. The minimum absolute atomic E-state index is 0.290. The lowest BCUT2D eigenvalue weighted by Crippen LogP contribution is -1.92. The van der Waals surface area contributed by atoms with Crippen LogP contribution in [0.25, 0.3) is 22.3 Å². The van der Waals surface area contributed by atoms with E-state index >= 15 is 0 Å². The Bertz CT molecular complexity index is 778. The standard InChI is InChI=1S/C19H13F2O/c1-22-18-4-2-3-17(13-5-9-15(20)10-6-13)19(18)14-7-11-16(21)12-8-14/h2-3,5-12H,1H3. The molecule has 0 aliphatic heterocycles. The Hall–Kier alpha value is -2.68. The van der Waals surface area contributed by atoms with Gasteiger partial charge in [-0.1, -0.05) is 30.3 Å². The van der Waals surface area contributed by atoms with Crippen LogP contribution in [0.5, 0.6) is 5.75 Å². The molecule has 0 heterocycles. The van der Waals surface area contributed by atoms with E-state index in [1.807, 2.05) is 6.07 Å². The van der Waals surface area contributed by atoms with Crippen molar-refractivity contribution >= 4 is 0 Å². The van der Waals surface area contributed by atoms with Gasteiger partial charge in [-0.25, -0.2) is 8.78 Å². The highest BCUT2D eigenvalue weighted by atomic mass is 19.1. The van der Waals surface area contributed by atoms with Gasteiger partial charge in [-0.15, -0.1) is 0 Å². The summed E-state index contributed by atoms with van der Waals surface area (Å²) in [6, 6.07) is 19.1. The number of hydrogen-bond donors (Lipinski definition) is 0. The summed E-state index contributed by atoms with van der Waals surface area (Å²) in [6.45, 7) is 0. The second-order valence-corrected chi connectivity index (χ2v) is 4.81. The van der Waals surface area contributed by atoms with Gasteiger partial charge in [0, 0.05) is 11.6 Å². The van der Waals surface area contributed by atoms with E-state index in [4.69, 9.17) is 4.74 Å². The van der Waals surface area contributed by atoms with Crippen molar-refractivity contribution in [3.05, 3.63) is 78.4 Å². The molecule has 0 saturated carbocycles. The van der Waals surface area contributed by atoms with Crippen molar-refractivity contribution in [2.45, 2.75) is 0 Å². The quantitative estimate of drug-likeness (QED) is 0.652. The van der Waals surface area contributed by atoms with Gasteiger partial charge in [0.1, 0.15) is 17.4 Å². The van der Waals surface area contributed by atoms with Gasteiger partial charge >= 0.3 is 0 Å². The first-order chi connectivity index (χ1) is 10.7. The number of ether oxygens (including phenoxy) is 1. The van der Waals surface area contributed by atoms with Crippen LogP contribution in [-0.2, 0) is 0 Å². The highest BCUT2D eigenvalue weighted by Crippen LogP contribution is 2.38. The number of halogens is 2. The zero-order valence-electron chi connectivity index (χ0n) is 11.9. The second-order valence-electron chi connectivity index (χ2n) is 4.81. The molecule has 0 bridgehead atoms. The van der Waals surface area contributed by atoms with Gasteiger partial charge in [0.25, 0.3) is 0 Å². The monoisotopic (exact) mass is 295 g/mol. The van der Waals surface area contributed by atoms with Gasteiger partial charge in [0.2, 0.25) is 0 Å². The van der Waals surface area contributed by atoms with Gasteiger partial charge in [0.15, 0.2) is 0 Å². The highest BCUT2D eigenvalue weighted by Gasteiger charge is 2.13. The maximum atomic E-state index is 13.2. The van der Waals surface area contributed by atoms with E-state index in [-0.39, 0.29) is 11.6 Å². The van der Waals surface area contributed by atoms with E-state index < -0.39 is 0 Å². The third-order valence-corrected chi connectivity index (χ3v) is 3.45. The smallest absolute Gasteiger partial charge is 0.135 e. The number of rotatable bonds is 3. The molecule has 0 fully saturated rings. The molecule has 0 saturated heterocycles. The van der Waals surface area contributed by atoms with Crippen molar-refractivity contribution in [2.75, 3.05) is 7.11 Å². The maximum Gasteiger partial charge on any atom is 0.135 e.